The molecule has 0 fully saturated rings. The third-order valence-corrected chi connectivity index (χ3v) is 3.00. The van der Waals surface area contributed by atoms with Crippen molar-refractivity contribution < 1.29 is 13.2 Å². The normalized spacial score (nSPS) is 14.2. The number of nitrogens with one attached hydrogen (secondary N) is 1. The van der Waals surface area contributed by atoms with Crippen molar-refractivity contribution in [3.8, 4) is 0 Å². The molecule has 0 saturated heterocycles. The number of thiazole rings is 1. The number of nitrogens with zero attached hydrogens (tertiary/aromatic N) is 1. The minimum Gasteiger partial charge on any atom is -0.312 e. The zero-order valence-electron chi connectivity index (χ0n) is 8.56. The number of halogens is 3. The number of aromatic nitrogens is 1. The summed E-state index contributed by atoms with van der Waals surface area (Å²) in [7, 11) is 1.79. The summed E-state index contributed by atoms with van der Waals surface area (Å²) in [5.74, 6) is 0. The summed E-state index contributed by atoms with van der Waals surface area (Å²) in [5.41, 5.74) is 0.805. The largest absolute Gasteiger partial charge is 0.389 e. The molecule has 1 unspecified atom stereocenters. The number of hydrogen-bond donors (Lipinski definition) is 1. The molecule has 6 heteroatoms. The van der Waals surface area contributed by atoms with Gasteiger partial charge in [0.15, 0.2) is 0 Å². The van der Waals surface area contributed by atoms with E-state index in [9.17, 15) is 13.2 Å². The molecular formula is C9H13F3N2S. The van der Waals surface area contributed by atoms with Crippen LogP contribution in [0.15, 0.2) is 5.38 Å². The molecule has 15 heavy (non-hydrogen) atoms. The molecule has 0 aliphatic heterocycles. The predicted molar refractivity (Wildman–Crippen MR) is 54.0 cm³/mol. The third-order valence-electron chi connectivity index (χ3n) is 2.07. The summed E-state index contributed by atoms with van der Waals surface area (Å²) >= 11 is 1.28. The van der Waals surface area contributed by atoms with Gasteiger partial charge < -0.3 is 5.32 Å². The standard InChI is InChI=1S/C9H13F3N2S/c1-6(13-2)7-5-15-8(14-7)3-4-9(10,11)12/h5-6,13H,3-4H2,1-2H3. The molecule has 0 radical (unpaired) electrons. The Hall–Kier alpha value is -0.620. The smallest absolute Gasteiger partial charge is 0.312 e. The molecule has 2 nitrogen and oxygen atoms in total. The maximum Gasteiger partial charge on any atom is 0.389 e. The highest BCUT2D eigenvalue weighted by Gasteiger charge is 2.27. The average molecular weight is 238 g/mol. The van der Waals surface area contributed by atoms with Crippen molar-refractivity contribution in [2.75, 3.05) is 7.05 Å². The van der Waals surface area contributed by atoms with Crippen molar-refractivity contribution in [1.29, 1.82) is 0 Å². The lowest BCUT2D eigenvalue weighted by atomic mass is 10.2. The number of hydrogen-bond acceptors (Lipinski definition) is 3. The topological polar surface area (TPSA) is 24.9 Å². The highest BCUT2D eigenvalue weighted by atomic mass is 32.1. The SMILES string of the molecule is CNC(C)c1csc(CCC(F)(F)F)n1. The van der Waals surface area contributed by atoms with Gasteiger partial charge in [0.05, 0.1) is 10.7 Å². The Kier molecular flexibility index (Phi) is 4.10. The van der Waals surface area contributed by atoms with Gasteiger partial charge in [-0.1, -0.05) is 0 Å². The van der Waals surface area contributed by atoms with Gasteiger partial charge in [0.1, 0.15) is 0 Å². The molecule has 0 bridgehead atoms. The van der Waals surface area contributed by atoms with Crippen LogP contribution in [-0.4, -0.2) is 18.2 Å². The van der Waals surface area contributed by atoms with E-state index >= 15 is 0 Å². The molecule has 86 valence electrons. The molecule has 1 atom stereocenters. The van der Waals surface area contributed by atoms with Crippen molar-refractivity contribution in [2.24, 2.45) is 0 Å². The van der Waals surface area contributed by atoms with Gasteiger partial charge in [0, 0.05) is 24.3 Å². The van der Waals surface area contributed by atoms with Crippen LogP contribution in [0.2, 0.25) is 0 Å². The zero-order chi connectivity index (χ0) is 11.5. The van der Waals surface area contributed by atoms with Crippen LogP contribution >= 0.6 is 11.3 Å². The first-order chi connectivity index (χ1) is 6.92. The molecule has 0 aliphatic rings. The molecule has 1 heterocycles. The molecule has 1 aromatic rings. The summed E-state index contributed by atoms with van der Waals surface area (Å²) in [6.45, 7) is 1.92. The lowest BCUT2D eigenvalue weighted by Gasteiger charge is -2.05. The zero-order valence-corrected chi connectivity index (χ0v) is 9.37. The summed E-state index contributed by atoms with van der Waals surface area (Å²) in [4.78, 5) is 4.14. The van der Waals surface area contributed by atoms with Crippen LogP contribution in [0.1, 0.15) is 30.1 Å². The molecule has 1 rings (SSSR count). The number of alkyl halides is 3. The Balaban J connectivity index is 2.53. The second-order valence-electron chi connectivity index (χ2n) is 3.29. The van der Waals surface area contributed by atoms with Crippen LogP contribution in [0, 0.1) is 0 Å². The summed E-state index contributed by atoms with van der Waals surface area (Å²) in [6, 6.07) is 0.0842. The molecule has 0 aliphatic carbocycles. The minimum absolute atomic E-state index is 0.0232. The number of rotatable bonds is 4. The van der Waals surface area contributed by atoms with Crippen LogP contribution < -0.4 is 5.32 Å². The lowest BCUT2D eigenvalue weighted by Crippen LogP contribution is -2.13. The van der Waals surface area contributed by atoms with Crippen LogP contribution in [0.4, 0.5) is 13.2 Å². The van der Waals surface area contributed by atoms with E-state index in [4.69, 9.17) is 0 Å². The van der Waals surface area contributed by atoms with Crippen molar-refractivity contribution in [2.45, 2.75) is 32.0 Å². The second-order valence-corrected chi connectivity index (χ2v) is 4.23. The average Bonchev–Trinajstić information content (AvgIpc) is 2.61. The van der Waals surface area contributed by atoms with E-state index in [-0.39, 0.29) is 12.5 Å². The molecule has 1 N–H and O–H groups in total. The van der Waals surface area contributed by atoms with Gasteiger partial charge in [-0.05, 0) is 14.0 Å². The van der Waals surface area contributed by atoms with Crippen LogP contribution in [0.5, 0.6) is 0 Å². The molecular weight excluding hydrogens is 225 g/mol. The van der Waals surface area contributed by atoms with E-state index in [0.717, 1.165) is 5.69 Å². The lowest BCUT2D eigenvalue weighted by molar-refractivity contribution is -0.134. The van der Waals surface area contributed by atoms with E-state index in [1.54, 1.807) is 12.4 Å². The van der Waals surface area contributed by atoms with Gasteiger partial charge in [-0.15, -0.1) is 11.3 Å². The second kappa shape index (κ2) is 4.94. The molecule has 0 spiro atoms. The van der Waals surface area contributed by atoms with Gasteiger partial charge in [-0.3, -0.25) is 0 Å². The molecule has 1 aromatic heterocycles. The van der Waals surface area contributed by atoms with E-state index in [2.05, 4.69) is 10.3 Å². The van der Waals surface area contributed by atoms with E-state index in [1.165, 1.54) is 11.3 Å². The van der Waals surface area contributed by atoms with Gasteiger partial charge >= 0.3 is 6.18 Å². The van der Waals surface area contributed by atoms with Crippen molar-refractivity contribution in [3.05, 3.63) is 16.1 Å². The minimum atomic E-state index is -4.10. The summed E-state index contributed by atoms with van der Waals surface area (Å²) in [5, 5.41) is 5.33. The van der Waals surface area contributed by atoms with Crippen molar-refractivity contribution in [1.82, 2.24) is 10.3 Å². The van der Waals surface area contributed by atoms with Crippen molar-refractivity contribution in [3.63, 3.8) is 0 Å². The van der Waals surface area contributed by atoms with Crippen LogP contribution in [0.25, 0.3) is 0 Å². The molecule has 0 saturated carbocycles. The maximum absolute atomic E-state index is 11.9. The fourth-order valence-electron chi connectivity index (χ4n) is 1.04. The Morgan fingerprint density at radius 2 is 2.20 bits per heavy atom. The van der Waals surface area contributed by atoms with E-state index in [0.29, 0.717) is 5.01 Å². The Bertz CT molecular complexity index is 309. The first-order valence-electron chi connectivity index (χ1n) is 4.60. The first kappa shape index (κ1) is 12.4. The fourth-order valence-corrected chi connectivity index (χ4v) is 1.93. The molecule has 0 aromatic carbocycles. The van der Waals surface area contributed by atoms with Crippen LogP contribution in [-0.2, 0) is 6.42 Å². The predicted octanol–water partition coefficient (Wildman–Crippen LogP) is 2.92. The Morgan fingerprint density at radius 3 is 2.73 bits per heavy atom. The Morgan fingerprint density at radius 1 is 1.53 bits per heavy atom. The fraction of sp³-hybridized carbons (Fsp3) is 0.667. The van der Waals surface area contributed by atoms with Gasteiger partial charge in [-0.25, -0.2) is 4.98 Å². The van der Waals surface area contributed by atoms with Gasteiger partial charge in [-0.2, -0.15) is 13.2 Å². The summed E-state index contributed by atoms with van der Waals surface area (Å²) in [6.07, 6.45) is -4.92. The Labute approximate surface area is 90.5 Å². The maximum atomic E-state index is 11.9. The van der Waals surface area contributed by atoms with Gasteiger partial charge in [0.2, 0.25) is 0 Å². The monoisotopic (exact) mass is 238 g/mol. The highest BCUT2D eigenvalue weighted by Crippen LogP contribution is 2.24. The van der Waals surface area contributed by atoms with Gasteiger partial charge in [0.25, 0.3) is 0 Å². The number of aryl methyl sites for hydroxylation is 1. The third kappa shape index (κ3) is 4.17. The summed E-state index contributed by atoms with van der Waals surface area (Å²) < 4.78 is 35.8. The molecule has 0 amide bonds. The quantitative estimate of drug-likeness (QED) is 0.872. The first-order valence-corrected chi connectivity index (χ1v) is 5.48. The van der Waals surface area contributed by atoms with E-state index < -0.39 is 12.6 Å². The highest BCUT2D eigenvalue weighted by molar-refractivity contribution is 7.09. The van der Waals surface area contributed by atoms with Crippen molar-refractivity contribution >= 4 is 11.3 Å². The van der Waals surface area contributed by atoms with E-state index in [1.807, 2.05) is 6.92 Å². The van der Waals surface area contributed by atoms with Crippen LogP contribution in [0.3, 0.4) is 0 Å².